The molecule has 0 radical (unpaired) electrons. The van der Waals surface area contributed by atoms with E-state index in [1.165, 1.54) is 29.0 Å². The summed E-state index contributed by atoms with van der Waals surface area (Å²) < 4.78 is 29.8. The number of oxime groups is 1. The van der Waals surface area contributed by atoms with Crippen molar-refractivity contribution in [3.05, 3.63) is 122 Å². The maximum absolute atomic E-state index is 14.9. The molecule has 7 nitrogen and oxygen atoms in total. The zero-order valence-corrected chi connectivity index (χ0v) is 23.2. The molecule has 4 rings (SSSR count). The van der Waals surface area contributed by atoms with Crippen molar-refractivity contribution in [2.75, 3.05) is 5.32 Å². The van der Waals surface area contributed by atoms with Crippen molar-refractivity contribution in [3.8, 4) is 5.69 Å². The summed E-state index contributed by atoms with van der Waals surface area (Å²) in [5.41, 5.74) is -0.227. The van der Waals surface area contributed by atoms with Crippen molar-refractivity contribution in [2.24, 2.45) is 10.6 Å². The molecule has 4 aromatic rings. The molecule has 40 heavy (non-hydrogen) atoms. The van der Waals surface area contributed by atoms with Crippen LogP contribution in [0.5, 0.6) is 0 Å². The first kappa shape index (κ1) is 28.9. The van der Waals surface area contributed by atoms with E-state index in [9.17, 15) is 18.4 Å². The SMILES string of the molecule is CC(C)(C)C(=O)Nc1cccc(CO/N=C(\c2ccc(=O)n(-c3c(Cl)cccc3Cl)c2)c2ccc(F)cc2F)n1. The zero-order chi connectivity index (χ0) is 29.0. The Balaban J connectivity index is 1.71. The van der Waals surface area contributed by atoms with Gasteiger partial charge in [-0.2, -0.15) is 0 Å². The minimum Gasteiger partial charge on any atom is -0.389 e. The van der Waals surface area contributed by atoms with Crippen LogP contribution in [0.3, 0.4) is 0 Å². The quantitative estimate of drug-likeness (QED) is 0.192. The second-order valence-electron chi connectivity index (χ2n) is 9.75. The number of amides is 1. The first-order valence-corrected chi connectivity index (χ1v) is 12.8. The average Bonchev–Trinajstić information content (AvgIpc) is 2.88. The van der Waals surface area contributed by atoms with E-state index in [-0.39, 0.29) is 45.1 Å². The summed E-state index contributed by atoms with van der Waals surface area (Å²) in [5, 5.41) is 7.32. The summed E-state index contributed by atoms with van der Waals surface area (Å²) in [7, 11) is 0. The third-order valence-electron chi connectivity index (χ3n) is 5.65. The van der Waals surface area contributed by atoms with Gasteiger partial charge in [-0.25, -0.2) is 13.8 Å². The summed E-state index contributed by atoms with van der Waals surface area (Å²) in [5.74, 6) is -1.54. The average molecular weight is 585 g/mol. The highest BCUT2D eigenvalue weighted by atomic mass is 35.5. The van der Waals surface area contributed by atoms with Crippen molar-refractivity contribution < 1.29 is 18.4 Å². The number of para-hydroxylation sites is 1. The lowest BCUT2D eigenvalue weighted by molar-refractivity contribution is -0.123. The molecule has 0 aliphatic heterocycles. The Hall–Kier alpha value is -4.08. The molecule has 0 spiro atoms. The number of halogens is 4. The summed E-state index contributed by atoms with van der Waals surface area (Å²) >= 11 is 12.6. The molecule has 0 bridgehead atoms. The molecular formula is C29H24Cl2F2N4O3. The highest BCUT2D eigenvalue weighted by molar-refractivity contribution is 6.37. The number of hydrogen-bond acceptors (Lipinski definition) is 5. The summed E-state index contributed by atoms with van der Waals surface area (Å²) in [6, 6.07) is 15.5. The van der Waals surface area contributed by atoms with Crippen LogP contribution in [0, 0.1) is 17.0 Å². The molecule has 1 N–H and O–H groups in total. The number of nitrogens with zero attached hydrogens (tertiary/aromatic N) is 3. The first-order valence-electron chi connectivity index (χ1n) is 12.0. The van der Waals surface area contributed by atoms with E-state index in [4.69, 9.17) is 28.0 Å². The highest BCUT2D eigenvalue weighted by Crippen LogP contribution is 2.28. The number of carbonyl (C=O) groups is 1. The maximum atomic E-state index is 14.9. The molecule has 1 amide bonds. The first-order chi connectivity index (χ1) is 18.9. The van der Waals surface area contributed by atoms with Gasteiger partial charge in [0.25, 0.3) is 5.56 Å². The highest BCUT2D eigenvalue weighted by Gasteiger charge is 2.22. The van der Waals surface area contributed by atoms with Crippen LogP contribution in [0.4, 0.5) is 14.6 Å². The van der Waals surface area contributed by atoms with E-state index in [0.717, 1.165) is 12.1 Å². The zero-order valence-electron chi connectivity index (χ0n) is 21.7. The van der Waals surface area contributed by atoms with Crippen LogP contribution in [0.2, 0.25) is 10.0 Å². The molecule has 0 fully saturated rings. The van der Waals surface area contributed by atoms with Crippen LogP contribution in [-0.2, 0) is 16.2 Å². The molecule has 0 aliphatic rings. The topological polar surface area (TPSA) is 85.6 Å². The number of rotatable bonds is 7. The van der Waals surface area contributed by atoms with Gasteiger partial charge in [-0.15, -0.1) is 0 Å². The Kier molecular flexibility index (Phi) is 8.66. The van der Waals surface area contributed by atoms with Gasteiger partial charge in [0.1, 0.15) is 23.2 Å². The van der Waals surface area contributed by atoms with Gasteiger partial charge in [0.15, 0.2) is 6.61 Å². The number of carbonyl (C=O) groups excluding carboxylic acids is 1. The Morgan fingerprint density at radius 3 is 2.40 bits per heavy atom. The van der Waals surface area contributed by atoms with Crippen LogP contribution in [0.1, 0.15) is 37.6 Å². The number of anilines is 1. The van der Waals surface area contributed by atoms with Gasteiger partial charge in [0.2, 0.25) is 5.91 Å². The van der Waals surface area contributed by atoms with Crippen molar-refractivity contribution in [2.45, 2.75) is 27.4 Å². The minimum atomic E-state index is -0.888. The third-order valence-corrected chi connectivity index (χ3v) is 6.26. The standard InChI is InChI=1S/C29H24Cl2F2N4O3/c1-29(2,3)28(39)35-24-9-4-6-19(34-24)16-40-36-26(20-12-11-18(32)14-23(20)33)17-10-13-25(38)37(15-17)27-21(30)7-5-8-22(27)31/h4-15H,16H2,1-3H3,(H,34,35,39)/b36-26+. The summed E-state index contributed by atoms with van der Waals surface area (Å²) in [6.45, 7) is 5.20. The molecule has 11 heteroatoms. The van der Waals surface area contributed by atoms with Crippen molar-refractivity contribution in [1.29, 1.82) is 0 Å². The number of nitrogens with one attached hydrogen (secondary N) is 1. The van der Waals surface area contributed by atoms with Crippen molar-refractivity contribution >= 4 is 40.6 Å². The monoisotopic (exact) mass is 584 g/mol. The Bertz CT molecular complexity index is 1650. The van der Waals surface area contributed by atoms with Gasteiger partial charge in [-0.05, 0) is 42.5 Å². The molecule has 0 atom stereocenters. The van der Waals surface area contributed by atoms with Gasteiger partial charge in [0.05, 0.1) is 21.4 Å². The van der Waals surface area contributed by atoms with E-state index in [0.29, 0.717) is 11.5 Å². The summed E-state index contributed by atoms with van der Waals surface area (Å²) in [4.78, 5) is 34.9. The lowest BCUT2D eigenvalue weighted by Crippen LogP contribution is -2.28. The van der Waals surface area contributed by atoms with Crippen LogP contribution in [0.25, 0.3) is 5.69 Å². The third kappa shape index (κ3) is 6.73. The van der Waals surface area contributed by atoms with Crippen LogP contribution in [0.15, 0.2) is 82.9 Å². The Morgan fingerprint density at radius 1 is 1.02 bits per heavy atom. The van der Waals surface area contributed by atoms with Crippen molar-refractivity contribution in [1.82, 2.24) is 9.55 Å². The number of aromatic nitrogens is 2. The number of pyridine rings is 2. The molecule has 0 saturated carbocycles. The van der Waals surface area contributed by atoms with Crippen LogP contribution < -0.4 is 10.9 Å². The lowest BCUT2D eigenvalue weighted by atomic mass is 9.96. The van der Waals surface area contributed by atoms with Crippen molar-refractivity contribution in [3.63, 3.8) is 0 Å². The molecule has 2 aromatic carbocycles. The number of hydrogen-bond donors (Lipinski definition) is 1. The molecule has 206 valence electrons. The molecule has 0 saturated heterocycles. The van der Waals surface area contributed by atoms with E-state index < -0.39 is 22.6 Å². The fraction of sp³-hybridized carbons (Fsp3) is 0.172. The fourth-order valence-electron chi connectivity index (χ4n) is 3.56. The predicted octanol–water partition coefficient (Wildman–Crippen LogP) is 6.77. The van der Waals surface area contributed by atoms with Gasteiger partial charge >= 0.3 is 0 Å². The van der Waals surface area contributed by atoms with E-state index in [1.807, 2.05) is 0 Å². The van der Waals surface area contributed by atoms with Crippen LogP contribution in [-0.4, -0.2) is 21.2 Å². The fourth-order valence-corrected chi connectivity index (χ4v) is 4.14. The van der Waals surface area contributed by atoms with Gasteiger partial charge in [-0.3, -0.25) is 14.2 Å². The predicted molar refractivity (Wildman–Crippen MR) is 151 cm³/mol. The van der Waals surface area contributed by atoms with E-state index in [1.54, 1.807) is 57.2 Å². The normalized spacial score (nSPS) is 11.8. The molecule has 2 heterocycles. The summed E-state index contributed by atoms with van der Waals surface area (Å²) in [6.07, 6.45) is 1.39. The molecule has 0 aliphatic carbocycles. The maximum Gasteiger partial charge on any atom is 0.255 e. The molecule has 0 unspecified atom stereocenters. The largest absolute Gasteiger partial charge is 0.389 e. The molecule has 2 aromatic heterocycles. The number of benzene rings is 2. The molecular weight excluding hydrogens is 561 g/mol. The van der Waals surface area contributed by atoms with E-state index >= 15 is 0 Å². The lowest BCUT2D eigenvalue weighted by Gasteiger charge is -2.17. The van der Waals surface area contributed by atoms with Gasteiger partial charge in [0, 0.05) is 34.9 Å². The van der Waals surface area contributed by atoms with Gasteiger partial charge < -0.3 is 10.2 Å². The Morgan fingerprint density at radius 2 is 1.73 bits per heavy atom. The minimum absolute atomic E-state index is 0.0217. The smallest absolute Gasteiger partial charge is 0.255 e. The van der Waals surface area contributed by atoms with Gasteiger partial charge in [-0.1, -0.05) is 61.3 Å². The Labute approximate surface area is 239 Å². The second-order valence-corrected chi connectivity index (χ2v) is 10.6. The second kappa shape index (κ2) is 12.0. The van der Waals surface area contributed by atoms with Crippen LogP contribution >= 0.6 is 23.2 Å². The van der Waals surface area contributed by atoms with E-state index in [2.05, 4.69) is 15.5 Å².